The number of nitrogens with zero attached hydrogens (tertiary/aromatic N) is 2. The molecule has 9 heteroatoms. The maximum Gasteiger partial charge on any atom is 0.418 e. The average Bonchev–Trinajstić information content (AvgIpc) is 2.56. The van der Waals surface area contributed by atoms with Crippen LogP contribution in [0, 0.1) is 5.82 Å². The number of benzene rings is 2. The third-order valence-corrected chi connectivity index (χ3v) is 3.52. The van der Waals surface area contributed by atoms with Crippen molar-refractivity contribution in [3.63, 3.8) is 0 Å². The van der Waals surface area contributed by atoms with E-state index in [2.05, 4.69) is 20.6 Å². The third-order valence-electron chi connectivity index (χ3n) is 3.29. The van der Waals surface area contributed by atoms with E-state index in [1.807, 2.05) is 0 Å². The van der Waals surface area contributed by atoms with E-state index in [1.165, 1.54) is 42.6 Å². The van der Waals surface area contributed by atoms with Crippen molar-refractivity contribution < 1.29 is 17.6 Å². The maximum absolute atomic E-state index is 13.2. The number of halogens is 5. The molecule has 0 saturated heterocycles. The number of alkyl halides is 3. The van der Waals surface area contributed by atoms with E-state index in [9.17, 15) is 17.6 Å². The fourth-order valence-corrected chi connectivity index (χ4v) is 2.35. The Morgan fingerprint density at radius 1 is 0.962 bits per heavy atom. The van der Waals surface area contributed by atoms with E-state index in [4.69, 9.17) is 11.6 Å². The number of nitrogens with one attached hydrogen (secondary N) is 2. The zero-order valence-electron chi connectivity index (χ0n) is 13.0. The third kappa shape index (κ3) is 4.40. The molecule has 0 amide bonds. The fourth-order valence-electron chi connectivity index (χ4n) is 2.18. The SMILES string of the molecule is Fc1cccc(Nc2nccc(Nc3ccc(Cl)cc3C(F)(F)F)n2)c1. The molecule has 0 aliphatic carbocycles. The highest BCUT2D eigenvalue weighted by atomic mass is 35.5. The largest absolute Gasteiger partial charge is 0.418 e. The van der Waals surface area contributed by atoms with Crippen molar-refractivity contribution >= 4 is 34.7 Å². The van der Waals surface area contributed by atoms with Gasteiger partial charge in [-0.25, -0.2) is 9.37 Å². The predicted molar refractivity (Wildman–Crippen MR) is 91.5 cm³/mol. The minimum atomic E-state index is -4.58. The second-order valence-corrected chi connectivity index (χ2v) is 5.65. The molecule has 0 aliphatic heterocycles. The summed E-state index contributed by atoms with van der Waals surface area (Å²) in [6.45, 7) is 0. The summed E-state index contributed by atoms with van der Waals surface area (Å²) in [4.78, 5) is 8.05. The lowest BCUT2D eigenvalue weighted by Crippen LogP contribution is -2.09. The van der Waals surface area contributed by atoms with E-state index in [0.29, 0.717) is 5.69 Å². The van der Waals surface area contributed by atoms with Crippen molar-refractivity contribution in [3.8, 4) is 0 Å². The molecule has 1 heterocycles. The summed E-state index contributed by atoms with van der Waals surface area (Å²) in [6, 6.07) is 10.4. The van der Waals surface area contributed by atoms with Crippen LogP contribution in [0.2, 0.25) is 5.02 Å². The quantitative estimate of drug-likeness (QED) is 0.562. The van der Waals surface area contributed by atoms with Gasteiger partial charge in [-0.3, -0.25) is 0 Å². The Balaban J connectivity index is 1.86. The molecular weight excluding hydrogens is 372 g/mol. The number of aromatic nitrogens is 2. The molecule has 2 N–H and O–H groups in total. The standard InChI is InChI=1S/C17H11ClF4N4/c18-10-4-5-14(13(8-10)17(20,21)22)25-15-6-7-23-16(26-15)24-12-3-1-2-11(19)9-12/h1-9H,(H2,23,24,25,26). The minimum absolute atomic E-state index is 0.0287. The van der Waals surface area contributed by atoms with Crippen molar-refractivity contribution in [2.24, 2.45) is 0 Å². The van der Waals surface area contributed by atoms with Crippen LogP contribution in [0.5, 0.6) is 0 Å². The molecule has 3 aromatic rings. The Hall–Kier alpha value is -2.87. The predicted octanol–water partition coefficient (Wildman–Crippen LogP) is 5.78. The highest BCUT2D eigenvalue weighted by Gasteiger charge is 2.33. The van der Waals surface area contributed by atoms with Crippen LogP contribution < -0.4 is 10.6 Å². The number of rotatable bonds is 4. The molecule has 4 nitrogen and oxygen atoms in total. The minimum Gasteiger partial charge on any atom is -0.340 e. The second kappa shape index (κ2) is 7.17. The van der Waals surface area contributed by atoms with Crippen LogP contribution >= 0.6 is 11.6 Å². The van der Waals surface area contributed by atoms with Gasteiger partial charge in [-0.05, 0) is 42.5 Å². The number of hydrogen-bond donors (Lipinski definition) is 2. The number of anilines is 4. The fraction of sp³-hybridized carbons (Fsp3) is 0.0588. The number of hydrogen-bond acceptors (Lipinski definition) is 4. The summed E-state index contributed by atoms with van der Waals surface area (Å²) >= 11 is 5.66. The molecule has 0 atom stereocenters. The molecule has 0 radical (unpaired) electrons. The van der Waals surface area contributed by atoms with Gasteiger partial charge in [0.2, 0.25) is 5.95 Å². The molecule has 0 saturated carbocycles. The zero-order chi connectivity index (χ0) is 18.7. The molecule has 0 aliphatic rings. The first kappa shape index (κ1) is 17.9. The molecular formula is C17H11ClF4N4. The van der Waals surface area contributed by atoms with Gasteiger partial charge in [-0.2, -0.15) is 18.2 Å². The van der Waals surface area contributed by atoms with Gasteiger partial charge in [0.05, 0.1) is 11.3 Å². The van der Waals surface area contributed by atoms with Crippen molar-refractivity contribution in [2.45, 2.75) is 6.18 Å². The van der Waals surface area contributed by atoms with Gasteiger partial charge in [0.25, 0.3) is 0 Å². The lowest BCUT2D eigenvalue weighted by atomic mass is 10.1. The van der Waals surface area contributed by atoms with Crippen LogP contribution in [-0.4, -0.2) is 9.97 Å². The van der Waals surface area contributed by atoms with Crippen molar-refractivity contribution in [1.82, 2.24) is 9.97 Å². The molecule has 0 spiro atoms. The molecule has 1 aromatic heterocycles. The van der Waals surface area contributed by atoms with Crippen LogP contribution in [0.15, 0.2) is 54.7 Å². The molecule has 2 aromatic carbocycles. The molecule has 0 fully saturated rings. The van der Waals surface area contributed by atoms with Gasteiger partial charge in [-0.1, -0.05) is 17.7 Å². The lowest BCUT2D eigenvalue weighted by Gasteiger charge is -2.15. The average molecular weight is 383 g/mol. The van der Waals surface area contributed by atoms with Crippen LogP contribution in [0.4, 0.5) is 40.7 Å². The molecule has 134 valence electrons. The van der Waals surface area contributed by atoms with E-state index >= 15 is 0 Å². The van der Waals surface area contributed by atoms with Crippen LogP contribution in [-0.2, 0) is 6.18 Å². The Morgan fingerprint density at radius 3 is 2.50 bits per heavy atom. The Labute approximate surface area is 150 Å². The summed E-state index contributed by atoms with van der Waals surface area (Å²) in [5, 5.41) is 5.35. The van der Waals surface area contributed by atoms with Gasteiger partial charge in [0.15, 0.2) is 0 Å². The second-order valence-electron chi connectivity index (χ2n) is 5.21. The van der Waals surface area contributed by atoms with Crippen LogP contribution in [0.1, 0.15) is 5.56 Å². The summed E-state index contributed by atoms with van der Waals surface area (Å²) < 4.78 is 52.7. The molecule has 3 rings (SSSR count). The van der Waals surface area contributed by atoms with Crippen LogP contribution in [0.25, 0.3) is 0 Å². The summed E-state index contributed by atoms with van der Waals surface area (Å²) in [5.41, 5.74) is -0.704. The maximum atomic E-state index is 13.2. The van der Waals surface area contributed by atoms with Crippen molar-refractivity contribution in [2.75, 3.05) is 10.6 Å². The van der Waals surface area contributed by atoms with Crippen molar-refractivity contribution in [3.05, 3.63) is 71.1 Å². The van der Waals surface area contributed by atoms with Gasteiger partial charge in [0, 0.05) is 16.9 Å². The topological polar surface area (TPSA) is 49.8 Å². The summed E-state index contributed by atoms with van der Waals surface area (Å²) in [5.74, 6) is -0.213. The molecule has 26 heavy (non-hydrogen) atoms. The molecule has 0 bridgehead atoms. The first-order chi connectivity index (χ1) is 12.3. The Bertz CT molecular complexity index is 931. The van der Waals surface area contributed by atoms with E-state index in [-0.39, 0.29) is 22.5 Å². The monoisotopic (exact) mass is 382 g/mol. The first-order valence-electron chi connectivity index (χ1n) is 7.31. The Morgan fingerprint density at radius 2 is 1.77 bits per heavy atom. The Kier molecular flexibility index (Phi) is 4.94. The van der Waals surface area contributed by atoms with Gasteiger partial charge in [0.1, 0.15) is 11.6 Å². The highest BCUT2D eigenvalue weighted by molar-refractivity contribution is 6.30. The van der Waals surface area contributed by atoms with Crippen LogP contribution in [0.3, 0.4) is 0 Å². The van der Waals surface area contributed by atoms with E-state index in [1.54, 1.807) is 6.07 Å². The zero-order valence-corrected chi connectivity index (χ0v) is 13.7. The van der Waals surface area contributed by atoms with Gasteiger partial charge in [-0.15, -0.1) is 0 Å². The van der Waals surface area contributed by atoms with E-state index < -0.39 is 17.6 Å². The van der Waals surface area contributed by atoms with E-state index in [0.717, 1.165) is 6.07 Å². The smallest absolute Gasteiger partial charge is 0.340 e. The summed E-state index contributed by atoms with van der Waals surface area (Å²) in [7, 11) is 0. The summed E-state index contributed by atoms with van der Waals surface area (Å²) in [6.07, 6.45) is -3.22. The lowest BCUT2D eigenvalue weighted by molar-refractivity contribution is -0.136. The highest BCUT2D eigenvalue weighted by Crippen LogP contribution is 2.37. The van der Waals surface area contributed by atoms with Crippen molar-refractivity contribution in [1.29, 1.82) is 0 Å². The normalized spacial score (nSPS) is 11.3. The van der Waals surface area contributed by atoms with Gasteiger partial charge < -0.3 is 10.6 Å². The molecule has 0 unspecified atom stereocenters. The first-order valence-corrected chi connectivity index (χ1v) is 7.68. The van der Waals surface area contributed by atoms with Gasteiger partial charge >= 0.3 is 6.18 Å².